The van der Waals surface area contributed by atoms with E-state index in [2.05, 4.69) is 32.9 Å². The summed E-state index contributed by atoms with van der Waals surface area (Å²) >= 11 is 0. The molecule has 0 aliphatic carbocycles. The fraction of sp³-hybridized carbons (Fsp3) is 0.257. The van der Waals surface area contributed by atoms with Crippen LogP contribution in [0.4, 0.5) is 0 Å². The highest BCUT2D eigenvalue weighted by Crippen LogP contribution is 2.28. The fourth-order valence-electron chi connectivity index (χ4n) is 5.16. The van der Waals surface area contributed by atoms with Gasteiger partial charge in [-0.3, -0.25) is 9.59 Å². The van der Waals surface area contributed by atoms with Gasteiger partial charge >= 0.3 is 11.9 Å². The van der Waals surface area contributed by atoms with Gasteiger partial charge in [0.2, 0.25) is 0 Å². The van der Waals surface area contributed by atoms with E-state index >= 15 is 0 Å². The van der Waals surface area contributed by atoms with Crippen molar-refractivity contribution in [3.05, 3.63) is 106 Å². The molecular formula is C35H37NO6. The Morgan fingerprint density at radius 3 is 2.21 bits per heavy atom. The van der Waals surface area contributed by atoms with Crippen LogP contribution in [-0.2, 0) is 22.6 Å². The molecule has 0 atom stereocenters. The minimum atomic E-state index is -0.909. The summed E-state index contributed by atoms with van der Waals surface area (Å²) in [6.45, 7) is 7.61. The summed E-state index contributed by atoms with van der Waals surface area (Å²) in [5.41, 5.74) is 6.98. The molecule has 0 saturated heterocycles. The SMILES string of the molecule is Cc1cc(C)c(OC/C=C/COc2ccc(/C=C/c3cccc4c3c(CC(=O)O)cn4CCCC(=O)O)cc2)c(C)c1. The second-order valence-electron chi connectivity index (χ2n) is 10.4. The Balaban J connectivity index is 1.37. The lowest BCUT2D eigenvalue weighted by Gasteiger charge is -2.11. The Bertz CT molecular complexity index is 1590. The van der Waals surface area contributed by atoms with Gasteiger partial charge in [0, 0.05) is 30.1 Å². The van der Waals surface area contributed by atoms with E-state index in [1.807, 2.05) is 77.5 Å². The minimum Gasteiger partial charge on any atom is -0.490 e. The molecule has 0 fully saturated rings. The van der Waals surface area contributed by atoms with Crippen molar-refractivity contribution in [3.63, 3.8) is 0 Å². The molecule has 4 rings (SSSR count). The van der Waals surface area contributed by atoms with Crippen LogP contribution in [0.15, 0.2) is 72.9 Å². The number of hydrogen-bond acceptors (Lipinski definition) is 4. The summed E-state index contributed by atoms with van der Waals surface area (Å²) < 4.78 is 13.7. The highest BCUT2D eigenvalue weighted by atomic mass is 16.5. The van der Waals surface area contributed by atoms with Crippen molar-refractivity contribution >= 4 is 35.0 Å². The van der Waals surface area contributed by atoms with Gasteiger partial charge in [0.05, 0.1) is 6.42 Å². The van der Waals surface area contributed by atoms with Gasteiger partial charge in [-0.1, -0.05) is 54.1 Å². The van der Waals surface area contributed by atoms with Crippen molar-refractivity contribution in [2.45, 2.75) is 46.6 Å². The highest BCUT2D eigenvalue weighted by molar-refractivity contribution is 5.96. The molecule has 7 heteroatoms. The van der Waals surface area contributed by atoms with Gasteiger partial charge in [-0.15, -0.1) is 0 Å². The van der Waals surface area contributed by atoms with Crippen molar-refractivity contribution in [1.29, 1.82) is 0 Å². The van der Waals surface area contributed by atoms with Crippen molar-refractivity contribution in [2.24, 2.45) is 0 Å². The lowest BCUT2D eigenvalue weighted by atomic mass is 10.0. The average Bonchev–Trinajstić information content (AvgIpc) is 3.28. The largest absolute Gasteiger partial charge is 0.490 e. The van der Waals surface area contributed by atoms with Crippen LogP contribution in [0.1, 0.15) is 46.2 Å². The number of carboxylic acid groups (broad SMARTS) is 2. The van der Waals surface area contributed by atoms with Crippen LogP contribution in [0, 0.1) is 20.8 Å². The number of aryl methyl sites for hydroxylation is 4. The number of benzene rings is 3. The third-order valence-electron chi connectivity index (χ3n) is 6.93. The molecule has 0 spiro atoms. The van der Waals surface area contributed by atoms with Crippen molar-refractivity contribution in [2.75, 3.05) is 13.2 Å². The Kier molecular flexibility index (Phi) is 10.2. The zero-order valence-corrected chi connectivity index (χ0v) is 24.3. The number of carboxylic acids is 2. The molecule has 4 aromatic rings. The molecule has 0 bridgehead atoms. The molecular weight excluding hydrogens is 530 g/mol. The second-order valence-corrected chi connectivity index (χ2v) is 10.4. The molecule has 0 saturated carbocycles. The van der Waals surface area contributed by atoms with Crippen LogP contribution in [0.5, 0.6) is 11.5 Å². The fourth-order valence-corrected chi connectivity index (χ4v) is 5.16. The number of aliphatic carboxylic acids is 2. The van der Waals surface area contributed by atoms with Crippen LogP contribution >= 0.6 is 0 Å². The first-order chi connectivity index (χ1) is 20.2. The van der Waals surface area contributed by atoms with E-state index in [1.165, 1.54) is 5.56 Å². The molecule has 2 N–H and O–H groups in total. The number of carbonyl (C=O) groups is 2. The maximum absolute atomic E-state index is 11.5. The molecule has 3 aromatic carbocycles. The number of aromatic nitrogens is 1. The minimum absolute atomic E-state index is 0.0609. The third kappa shape index (κ3) is 8.13. The zero-order valence-electron chi connectivity index (χ0n) is 24.3. The summed E-state index contributed by atoms with van der Waals surface area (Å²) in [6, 6.07) is 17.8. The first-order valence-electron chi connectivity index (χ1n) is 14.0. The molecule has 218 valence electrons. The summed E-state index contributed by atoms with van der Waals surface area (Å²) in [7, 11) is 0. The number of hydrogen-bond donors (Lipinski definition) is 2. The van der Waals surface area contributed by atoms with Crippen molar-refractivity contribution in [1.82, 2.24) is 4.57 Å². The maximum atomic E-state index is 11.5. The standard InChI is InChI=1S/C35H37NO6/c1-24-20-25(2)35(26(3)21-24)42-19-5-4-18-41-30-15-12-27(13-16-30)11-14-28-8-6-9-31-34(28)29(22-33(39)40)23-36(31)17-7-10-32(37)38/h4-6,8-9,11-16,20-21,23H,7,10,17-19,22H2,1-3H3,(H,37,38)(H,39,40)/b5-4+,14-11+. The van der Waals surface area contributed by atoms with Crippen molar-refractivity contribution < 1.29 is 29.3 Å². The van der Waals surface area contributed by atoms with Crippen LogP contribution in [-0.4, -0.2) is 39.9 Å². The Morgan fingerprint density at radius 1 is 0.857 bits per heavy atom. The van der Waals surface area contributed by atoms with Gasteiger partial charge in [0.15, 0.2) is 0 Å². The quantitative estimate of drug-likeness (QED) is 0.123. The maximum Gasteiger partial charge on any atom is 0.307 e. The Hall–Kier alpha value is -4.78. The molecule has 0 aliphatic heterocycles. The average molecular weight is 568 g/mol. The van der Waals surface area contributed by atoms with E-state index in [1.54, 1.807) is 0 Å². The van der Waals surface area contributed by atoms with Gasteiger partial charge < -0.3 is 24.3 Å². The van der Waals surface area contributed by atoms with Crippen LogP contribution in [0.25, 0.3) is 23.1 Å². The number of nitrogens with zero attached hydrogens (tertiary/aromatic N) is 1. The van der Waals surface area contributed by atoms with Gasteiger partial charge in [-0.2, -0.15) is 0 Å². The van der Waals surface area contributed by atoms with Crippen LogP contribution in [0.3, 0.4) is 0 Å². The number of fused-ring (bicyclic) bond motifs is 1. The summed E-state index contributed by atoms with van der Waals surface area (Å²) in [5, 5.41) is 19.3. The van der Waals surface area contributed by atoms with Gasteiger partial charge in [0.25, 0.3) is 0 Å². The molecule has 1 aromatic heterocycles. The number of ether oxygens (including phenoxy) is 2. The predicted molar refractivity (Wildman–Crippen MR) is 166 cm³/mol. The molecule has 0 unspecified atom stereocenters. The third-order valence-corrected chi connectivity index (χ3v) is 6.93. The first kappa shape index (κ1) is 30.2. The lowest BCUT2D eigenvalue weighted by molar-refractivity contribution is -0.137. The van der Waals surface area contributed by atoms with E-state index in [4.69, 9.17) is 14.6 Å². The van der Waals surface area contributed by atoms with E-state index in [9.17, 15) is 14.7 Å². The monoisotopic (exact) mass is 567 g/mol. The summed E-state index contributed by atoms with van der Waals surface area (Å²) in [4.78, 5) is 22.5. The second kappa shape index (κ2) is 14.2. The van der Waals surface area contributed by atoms with Gasteiger partial charge in [-0.25, -0.2) is 0 Å². The highest BCUT2D eigenvalue weighted by Gasteiger charge is 2.14. The lowest BCUT2D eigenvalue weighted by Crippen LogP contribution is -2.01. The Labute approximate surface area is 246 Å². The first-order valence-corrected chi connectivity index (χ1v) is 14.0. The van der Waals surface area contributed by atoms with E-state index in [0.717, 1.165) is 44.7 Å². The normalized spacial score (nSPS) is 11.5. The van der Waals surface area contributed by atoms with E-state index in [-0.39, 0.29) is 12.8 Å². The van der Waals surface area contributed by atoms with E-state index in [0.29, 0.717) is 31.7 Å². The summed E-state index contributed by atoms with van der Waals surface area (Å²) in [6.07, 6.45) is 10.1. The van der Waals surface area contributed by atoms with Crippen molar-refractivity contribution in [3.8, 4) is 11.5 Å². The molecule has 0 amide bonds. The zero-order chi connectivity index (χ0) is 30.1. The van der Waals surface area contributed by atoms with Crippen LogP contribution < -0.4 is 9.47 Å². The molecule has 42 heavy (non-hydrogen) atoms. The van der Waals surface area contributed by atoms with Gasteiger partial charge in [-0.05, 0) is 85.4 Å². The van der Waals surface area contributed by atoms with Crippen LogP contribution in [0.2, 0.25) is 0 Å². The summed E-state index contributed by atoms with van der Waals surface area (Å²) in [5.74, 6) is -0.0696. The smallest absolute Gasteiger partial charge is 0.307 e. The predicted octanol–water partition coefficient (Wildman–Crippen LogP) is 7.24. The molecule has 0 radical (unpaired) electrons. The Morgan fingerprint density at radius 2 is 1.55 bits per heavy atom. The molecule has 1 heterocycles. The van der Waals surface area contributed by atoms with E-state index < -0.39 is 11.9 Å². The number of rotatable bonds is 14. The molecule has 0 aliphatic rings. The topological polar surface area (TPSA) is 98.0 Å². The molecule has 7 nitrogen and oxygen atoms in total. The van der Waals surface area contributed by atoms with Gasteiger partial charge in [0.1, 0.15) is 24.7 Å².